The highest BCUT2D eigenvalue weighted by atomic mass is 35.5. The molecule has 0 radical (unpaired) electrons. The van der Waals surface area contributed by atoms with Gasteiger partial charge in [0.1, 0.15) is 17.3 Å². The third kappa shape index (κ3) is 5.93. The number of aryl methyl sites for hydroxylation is 1. The van der Waals surface area contributed by atoms with Gasteiger partial charge < -0.3 is 14.6 Å². The van der Waals surface area contributed by atoms with Crippen molar-refractivity contribution in [3.05, 3.63) is 61.9 Å². The molecule has 0 unspecified atom stereocenters. The number of hydrogen-bond donors (Lipinski definition) is 1. The molecule has 0 aliphatic rings. The van der Waals surface area contributed by atoms with Crippen LogP contribution in [-0.2, 0) is 20.9 Å². The Hall–Kier alpha value is -3.64. The van der Waals surface area contributed by atoms with Gasteiger partial charge in [-0.05, 0) is 50.1 Å². The molecule has 31 heavy (non-hydrogen) atoms. The van der Waals surface area contributed by atoms with Gasteiger partial charge in [-0.3, -0.25) is 14.9 Å². The largest absolute Gasteiger partial charge is 0.451 e. The summed E-state index contributed by atoms with van der Waals surface area (Å²) in [6, 6.07) is 7.32. The summed E-state index contributed by atoms with van der Waals surface area (Å²) < 4.78 is 6.99. The molecule has 9 nitrogen and oxygen atoms in total. The SMILES string of the molecule is CCCn1c(C)cc(/C=C(\C#N)C(=O)OCC(=O)Nc2cc(Cl)ccc2[N+](=O)[O-])c1C. The molecule has 1 amide bonds. The number of anilines is 1. The van der Waals surface area contributed by atoms with Crippen molar-refractivity contribution in [2.24, 2.45) is 0 Å². The summed E-state index contributed by atoms with van der Waals surface area (Å²) in [5.41, 5.74) is 1.86. The highest BCUT2D eigenvalue weighted by Gasteiger charge is 2.19. The van der Waals surface area contributed by atoms with Crippen molar-refractivity contribution in [3.8, 4) is 6.07 Å². The Kier molecular flexibility index (Phi) is 7.94. The van der Waals surface area contributed by atoms with Gasteiger partial charge in [0, 0.05) is 29.0 Å². The molecule has 1 aromatic heterocycles. The number of carbonyl (C=O) groups is 2. The smallest absolute Gasteiger partial charge is 0.349 e. The van der Waals surface area contributed by atoms with Gasteiger partial charge in [-0.2, -0.15) is 5.26 Å². The number of nitro benzene ring substituents is 1. The summed E-state index contributed by atoms with van der Waals surface area (Å²) in [7, 11) is 0. The van der Waals surface area contributed by atoms with Crippen LogP contribution in [0.15, 0.2) is 29.8 Å². The van der Waals surface area contributed by atoms with Gasteiger partial charge in [0.2, 0.25) is 0 Å². The van der Waals surface area contributed by atoms with E-state index in [-0.39, 0.29) is 22.0 Å². The van der Waals surface area contributed by atoms with Crippen LogP contribution in [0.1, 0.15) is 30.3 Å². The Balaban J connectivity index is 2.09. The Morgan fingerprint density at radius 2 is 2.06 bits per heavy atom. The molecule has 10 heteroatoms. The Morgan fingerprint density at radius 1 is 1.35 bits per heavy atom. The van der Waals surface area contributed by atoms with Gasteiger partial charge in [0.25, 0.3) is 11.6 Å². The predicted molar refractivity (Wildman–Crippen MR) is 115 cm³/mol. The molecular formula is C21H21ClN4O5. The first-order chi connectivity index (χ1) is 14.7. The molecule has 0 atom stereocenters. The molecule has 162 valence electrons. The van der Waals surface area contributed by atoms with Crippen LogP contribution in [0.5, 0.6) is 0 Å². The number of hydrogen-bond acceptors (Lipinski definition) is 6. The van der Waals surface area contributed by atoms with E-state index in [9.17, 15) is 25.0 Å². The molecular weight excluding hydrogens is 424 g/mol. The van der Waals surface area contributed by atoms with Gasteiger partial charge in [-0.1, -0.05) is 18.5 Å². The Labute approximate surface area is 184 Å². The summed E-state index contributed by atoms with van der Waals surface area (Å²) in [5.74, 6) is -1.78. The lowest BCUT2D eigenvalue weighted by Gasteiger charge is -2.08. The average Bonchev–Trinajstić information content (AvgIpc) is 2.97. The number of rotatable bonds is 8. The number of nitrogens with one attached hydrogen (secondary N) is 1. The fourth-order valence-electron chi connectivity index (χ4n) is 3.00. The highest BCUT2D eigenvalue weighted by molar-refractivity contribution is 6.31. The maximum Gasteiger partial charge on any atom is 0.349 e. The van der Waals surface area contributed by atoms with Crippen molar-refractivity contribution in [2.45, 2.75) is 33.7 Å². The summed E-state index contributed by atoms with van der Waals surface area (Å²) in [5, 5.41) is 22.9. The number of carbonyl (C=O) groups excluding carboxylic acids is 2. The number of benzene rings is 1. The van der Waals surface area contributed by atoms with Gasteiger partial charge in [-0.15, -0.1) is 0 Å². The minimum atomic E-state index is -0.974. The molecule has 2 rings (SSSR count). The van der Waals surface area contributed by atoms with E-state index in [0.717, 1.165) is 30.4 Å². The number of nitriles is 1. The van der Waals surface area contributed by atoms with Crippen LogP contribution in [0, 0.1) is 35.3 Å². The molecule has 0 fully saturated rings. The molecule has 0 bridgehead atoms. The number of nitrogens with zero attached hydrogens (tertiary/aromatic N) is 3. The molecule has 2 aromatic rings. The Bertz CT molecular complexity index is 1100. The third-order valence-corrected chi connectivity index (χ3v) is 4.70. The molecule has 0 aliphatic carbocycles. The molecule has 0 aliphatic heterocycles. The summed E-state index contributed by atoms with van der Waals surface area (Å²) in [6.45, 7) is 5.96. The standard InChI is InChI=1S/C21H21ClN4O5/c1-4-7-25-13(2)8-15(14(25)3)9-16(11-23)21(28)31-12-20(27)24-18-10-17(22)5-6-19(18)26(29)30/h5-6,8-10H,4,7,12H2,1-3H3,(H,24,27)/b16-9+. The molecule has 1 heterocycles. The quantitative estimate of drug-likeness (QED) is 0.214. The first-order valence-electron chi connectivity index (χ1n) is 9.37. The molecule has 1 N–H and O–H groups in total. The number of halogens is 1. The average molecular weight is 445 g/mol. The third-order valence-electron chi connectivity index (χ3n) is 4.46. The lowest BCUT2D eigenvalue weighted by Crippen LogP contribution is -2.21. The van der Waals surface area contributed by atoms with E-state index >= 15 is 0 Å². The van der Waals surface area contributed by atoms with Crippen LogP contribution >= 0.6 is 11.6 Å². The second kappa shape index (κ2) is 10.4. The van der Waals surface area contributed by atoms with Crippen LogP contribution < -0.4 is 5.32 Å². The molecule has 1 aromatic carbocycles. The monoisotopic (exact) mass is 444 g/mol. The number of esters is 1. The van der Waals surface area contributed by atoms with Crippen LogP contribution in [0.2, 0.25) is 5.02 Å². The zero-order valence-electron chi connectivity index (χ0n) is 17.3. The molecule has 0 spiro atoms. The van der Waals surface area contributed by atoms with E-state index < -0.39 is 23.4 Å². The van der Waals surface area contributed by atoms with E-state index in [1.807, 2.05) is 19.9 Å². The minimum absolute atomic E-state index is 0.127. The van der Waals surface area contributed by atoms with E-state index in [2.05, 4.69) is 16.8 Å². The lowest BCUT2D eigenvalue weighted by atomic mass is 10.1. The van der Waals surface area contributed by atoms with Gasteiger partial charge in [-0.25, -0.2) is 4.79 Å². The molecule has 0 saturated heterocycles. The van der Waals surface area contributed by atoms with Crippen LogP contribution in [-0.4, -0.2) is 28.0 Å². The zero-order chi connectivity index (χ0) is 23.1. The lowest BCUT2D eigenvalue weighted by molar-refractivity contribution is -0.383. The number of nitro groups is 1. The van der Waals surface area contributed by atoms with Crippen LogP contribution in [0.4, 0.5) is 11.4 Å². The van der Waals surface area contributed by atoms with Gasteiger partial charge >= 0.3 is 5.97 Å². The number of aromatic nitrogens is 1. The van der Waals surface area contributed by atoms with Crippen molar-refractivity contribution in [1.29, 1.82) is 5.26 Å². The van der Waals surface area contributed by atoms with Gasteiger partial charge in [0.05, 0.1) is 4.92 Å². The maximum atomic E-state index is 12.3. The predicted octanol–water partition coefficient (Wildman–Crippen LogP) is 4.17. The van der Waals surface area contributed by atoms with Crippen molar-refractivity contribution in [3.63, 3.8) is 0 Å². The van der Waals surface area contributed by atoms with Crippen molar-refractivity contribution < 1.29 is 19.2 Å². The second-order valence-corrected chi connectivity index (χ2v) is 7.13. The van der Waals surface area contributed by atoms with E-state index in [1.54, 1.807) is 6.07 Å². The van der Waals surface area contributed by atoms with Crippen molar-refractivity contribution in [1.82, 2.24) is 4.57 Å². The number of amides is 1. The Morgan fingerprint density at radius 3 is 2.68 bits per heavy atom. The normalized spacial score (nSPS) is 11.0. The summed E-state index contributed by atoms with van der Waals surface area (Å²) in [4.78, 5) is 34.7. The highest BCUT2D eigenvalue weighted by Crippen LogP contribution is 2.27. The fraction of sp³-hybridized carbons (Fsp3) is 0.286. The van der Waals surface area contributed by atoms with Crippen molar-refractivity contribution >= 4 is 40.9 Å². The topological polar surface area (TPSA) is 127 Å². The van der Waals surface area contributed by atoms with E-state index in [0.29, 0.717) is 5.56 Å². The van der Waals surface area contributed by atoms with Gasteiger partial charge in [0.15, 0.2) is 6.61 Å². The first-order valence-corrected chi connectivity index (χ1v) is 9.75. The van der Waals surface area contributed by atoms with Crippen LogP contribution in [0.25, 0.3) is 6.08 Å². The zero-order valence-corrected chi connectivity index (χ0v) is 18.0. The summed E-state index contributed by atoms with van der Waals surface area (Å²) >= 11 is 5.81. The van der Waals surface area contributed by atoms with E-state index in [4.69, 9.17) is 16.3 Å². The molecule has 0 saturated carbocycles. The van der Waals surface area contributed by atoms with Crippen LogP contribution in [0.3, 0.4) is 0 Å². The van der Waals surface area contributed by atoms with Crippen molar-refractivity contribution in [2.75, 3.05) is 11.9 Å². The summed E-state index contributed by atoms with van der Waals surface area (Å²) in [6.07, 6.45) is 2.35. The first kappa shape index (κ1) is 23.6. The fourth-order valence-corrected chi connectivity index (χ4v) is 3.17. The minimum Gasteiger partial charge on any atom is -0.451 e. The van der Waals surface area contributed by atoms with E-state index in [1.165, 1.54) is 18.2 Å². The number of ether oxygens (including phenoxy) is 1. The maximum absolute atomic E-state index is 12.3. The second-order valence-electron chi connectivity index (χ2n) is 6.69.